The van der Waals surface area contributed by atoms with E-state index in [4.69, 9.17) is 9.97 Å². The number of amides is 1. The molecule has 9 nitrogen and oxygen atoms in total. The Bertz CT molecular complexity index is 1670. The number of fused-ring (bicyclic) bond motifs is 1. The molecule has 2 aromatic heterocycles. The lowest BCUT2D eigenvalue weighted by molar-refractivity contribution is -0.384. The molecule has 5 aromatic rings. The number of piperazine rings is 1. The van der Waals surface area contributed by atoms with Crippen molar-refractivity contribution in [2.45, 2.75) is 6.92 Å². The van der Waals surface area contributed by atoms with Crippen molar-refractivity contribution in [3.8, 4) is 16.8 Å². The molecule has 0 spiro atoms. The molecule has 0 unspecified atom stereocenters. The Balaban J connectivity index is 1.34. The number of nitro benzene ring substituents is 1. The first kappa shape index (κ1) is 24.3. The molecule has 1 saturated heterocycles. The molecule has 0 bridgehead atoms. The predicted molar refractivity (Wildman–Crippen MR) is 150 cm³/mol. The number of aromatic nitrogens is 3. The first-order valence-electron chi connectivity index (χ1n) is 12.8. The number of carbonyl (C=O) groups is 1. The van der Waals surface area contributed by atoms with Crippen LogP contribution in [0.1, 0.15) is 15.9 Å². The van der Waals surface area contributed by atoms with Crippen LogP contribution in [0.5, 0.6) is 0 Å². The summed E-state index contributed by atoms with van der Waals surface area (Å²) >= 11 is 0. The van der Waals surface area contributed by atoms with Crippen molar-refractivity contribution in [3.63, 3.8) is 0 Å². The number of carbonyl (C=O) groups excluding carboxylic acids is 1. The zero-order valence-corrected chi connectivity index (χ0v) is 21.4. The highest BCUT2D eigenvalue weighted by atomic mass is 16.6. The Morgan fingerprint density at radius 3 is 2.26 bits per heavy atom. The minimum absolute atomic E-state index is 0.0315. The number of hydrogen-bond acceptors (Lipinski definition) is 6. The van der Waals surface area contributed by atoms with Crippen LogP contribution in [0.4, 0.5) is 11.5 Å². The summed E-state index contributed by atoms with van der Waals surface area (Å²) in [4.78, 5) is 37.0. The summed E-state index contributed by atoms with van der Waals surface area (Å²) in [6.45, 7) is 4.33. The van der Waals surface area contributed by atoms with Crippen molar-refractivity contribution in [2.75, 3.05) is 31.1 Å². The van der Waals surface area contributed by atoms with E-state index in [-0.39, 0.29) is 11.6 Å². The molecule has 0 radical (unpaired) electrons. The van der Waals surface area contributed by atoms with Gasteiger partial charge in [0.2, 0.25) is 0 Å². The minimum atomic E-state index is -0.467. The molecule has 1 amide bonds. The fourth-order valence-electron chi connectivity index (χ4n) is 5.17. The van der Waals surface area contributed by atoms with Crippen LogP contribution in [0, 0.1) is 17.0 Å². The Kier molecular flexibility index (Phi) is 6.24. The van der Waals surface area contributed by atoms with Gasteiger partial charge in [-0.2, -0.15) is 0 Å². The van der Waals surface area contributed by atoms with E-state index in [2.05, 4.69) is 46.9 Å². The highest BCUT2D eigenvalue weighted by Gasteiger charge is 2.27. The Morgan fingerprint density at radius 1 is 0.872 bits per heavy atom. The molecule has 1 aliphatic heterocycles. The van der Waals surface area contributed by atoms with Crippen LogP contribution in [0.3, 0.4) is 0 Å². The number of benzene rings is 3. The Morgan fingerprint density at radius 2 is 1.56 bits per heavy atom. The molecule has 9 heteroatoms. The fraction of sp³-hybridized carbons (Fsp3) is 0.167. The summed E-state index contributed by atoms with van der Waals surface area (Å²) in [6, 6.07) is 24.2. The van der Waals surface area contributed by atoms with Crippen molar-refractivity contribution in [3.05, 3.63) is 113 Å². The van der Waals surface area contributed by atoms with Gasteiger partial charge in [-0.1, -0.05) is 48.5 Å². The number of hydrogen-bond donors (Lipinski definition) is 0. The first-order valence-corrected chi connectivity index (χ1v) is 12.8. The molecule has 3 aromatic carbocycles. The van der Waals surface area contributed by atoms with Gasteiger partial charge in [-0.25, -0.2) is 9.97 Å². The van der Waals surface area contributed by atoms with Crippen molar-refractivity contribution in [2.24, 2.45) is 0 Å². The van der Waals surface area contributed by atoms with E-state index >= 15 is 0 Å². The number of non-ortho nitro benzene ring substituents is 1. The number of anilines is 1. The largest absolute Gasteiger partial charge is 0.352 e. The van der Waals surface area contributed by atoms with E-state index in [9.17, 15) is 14.9 Å². The number of aryl methyl sites for hydroxylation is 1. The number of nitrogens with zero attached hydrogens (tertiary/aromatic N) is 6. The zero-order valence-electron chi connectivity index (χ0n) is 21.4. The van der Waals surface area contributed by atoms with Gasteiger partial charge in [-0.05, 0) is 36.2 Å². The molecular formula is C30H26N6O3. The molecule has 6 rings (SSSR count). The molecule has 0 atom stereocenters. The van der Waals surface area contributed by atoms with E-state index in [0.717, 1.165) is 39.2 Å². The summed E-state index contributed by atoms with van der Waals surface area (Å²) in [6.07, 6.45) is 3.74. The highest BCUT2D eigenvalue weighted by Crippen LogP contribution is 2.37. The molecule has 0 aliphatic carbocycles. The molecule has 0 N–H and O–H groups in total. The summed E-state index contributed by atoms with van der Waals surface area (Å²) in [5.41, 5.74) is 5.58. The van der Waals surface area contributed by atoms with E-state index in [0.29, 0.717) is 31.7 Å². The Hall–Kier alpha value is -5.05. The third-order valence-corrected chi connectivity index (χ3v) is 7.21. The lowest BCUT2D eigenvalue weighted by Crippen LogP contribution is -2.49. The monoisotopic (exact) mass is 518 g/mol. The highest BCUT2D eigenvalue weighted by molar-refractivity contribution is 6.02. The average molecular weight is 519 g/mol. The maximum absolute atomic E-state index is 13.1. The molecule has 3 heterocycles. The second kappa shape index (κ2) is 10.0. The van der Waals surface area contributed by atoms with Crippen LogP contribution in [0.15, 0.2) is 91.4 Å². The van der Waals surface area contributed by atoms with Gasteiger partial charge in [0.25, 0.3) is 11.6 Å². The number of rotatable bonds is 5. The van der Waals surface area contributed by atoms with Crippen molar-refractivity contribution < 1.29 is 9.72 Å². The van der Waals surface area contributed by atoms with Crippen LogP contribution < -0.4 is 4.90 Å². The van der Waals surface area contributed by atoms with Crippen molar-refractivity contribution in [1.29, 1.82) is 0 Å². The maximum atomic E-state index is 13.1. The standard InChI is InChI=1S/C30H26N6O3/c1-21-7-5-6-10-26(21)35-19-25(22-8-3-2-4-9-22)27-28(31-20-32-29(27)35)33-15-17-34(18-16-33)30(37)23-11-13-24(14-12-23)36(38)39/h2-14,19-20H,15-18H2,1H3. The summed E-state index contributed by atoms with van der Waals surface area (Å²) in [5, 5.41) is 11.9. The van der Waals surface area contributed by atoms with E-state index < -0.39 is 4.92 Å². The van der Waals surface area contributed by atoms with Gasteiger partial charge < -0.3 is 14.4 Å². The molecule has 0 saturated carbocycles. The van der Waals surface area contributed by atoms with Crippen LogP contribution in [-0.4, -0.2) is 56.4 Å². The average Bonchev–Trinajstić information content (AvgIpc) is 3.37. The molecule has 1 aliphatic rings. The lowest BCUT2D eigenvalue weighted by Gasteiger charge is -2.35. The van der Waals surface area contributed by atoms with Gasteiger partial charge in [0.1, 0.15) is 12.1 Å². The van der Waals surface area contributed by atoms with Gasteiger partial charge in [-0.3, -0.25) is 14.9 Å². The SMILES string of the molecule is Cc1ccccc1-n1cc(-c2ccccc2)c2c(N3CCN(C(=O)c4ccc([N+](=O)[O-])cc4)CC3)ncnc21. The van der Waals surface area contributed by atoms with Crippen LogP contribution in [-0.2, 0) is 0 Å². The van der Waals surface area contributed by atoms with Crippen LogP contribution >= 0.6 is 0 Å². The topological polar surface area (TPSA) is 97.4 Å². The second-order valence-corrected chi connectivity index (χ2v) is 9.54. The Labute approximate surface area is 225 Å². The van der Waals surface area contributed by atoms with Crippen LogP contribution in [0.25, 0.3) is 27.8 Å². The van der Waals surface area contributed by atoms with Gasteiger partial charge in [0, 0.05) is 61.3 Å². The fourth-order valence-corrected chi connectivity index (χ4v) is 5.17. The maximum Gasteiger partial charge on any atom is 0.269 e. The molecule has 194 valence electrons. The molecule has 1 fully saturated rings. The van der Waals surface area contributed by atoms with E-state index in [1.165, 1.54) is 24.3 Å². The zero-order chi connectivity index (χ0) is 26.9. The number of nitro groups is 1. The quantitative estimate of drug-likeness (QED) is 0.232. The lowest BCUT2D eigenvalue weighted by atomic mass is 10.1. The predicted octanol–water partition coefficient (Wildman–Crippen LogP) is 5.27. The van der Waals surface area contributed by atoms with E-state index in [1.807, 2.05) is 30.3 Å². The van der Waals surface area contributed by atoms with Crippen molar-refractivity contribution in [1.82, 2.24) is 19.4 Å². The van der Waals surface area contributed by atoms with Crippen molar-refractivity contribution >= 4 is 28.4 Å². The summed E-state index contributed by atoms with van der Waals surface area (Å²) in [7, 11) is 0. The first-order chi connectivity index (χ1) is 19.0. The van der Waals surface area contributed by atoms with E-state index in [1.54, 1.807) is 11.2 Å². The number of para-hydroxylation sites is 1. The third-order valence-electron chi connectivity index (χ3n) is 7.21. The summed E-state index contributed by atoms with van der Waals surface area (Å²) in [5.74, 6) is 0.710. The van der Waals surface area contributed by atoms with Gasteiger partial charge in [0.15, 0.2) is 5.65 Å². The molecule has 39 heavy (non-hydrogen) atoms. The van der Waals surface area contributed by atoms with Crippen LogP contribution in [0.2, 0.25) is 0 Å². The minimum Gasteiger partial charge on any atom is -0.352 e. The smallest absolute Gasteiger partial charge is 0.269 e. The summed E-state index contributed by atoms with van der Waals surface area (Å²) < 4.78 is 2.13. The molecular weight excluding hydrogens is 492 g/mol. The van der Waals surface area contributed by atoms with Gasteiger partial charge in [-0.15, -0.1) is 0 Å². The van der Waals surface area contributed by atoms with Gasteiger partial charge in [0.05, 0.1) is 10.3 Å². The third kappa shape index (κ3) is 4.48. The normalized spacial score (nSPS) is 13.6. The van der Waals surface area contributed by atoms with Gasteiger partial charge >= 0.3 is 0 Å². The second-order valence-electron chi connectivity index (χ2n) is 9.54.